The average Bonchev–Trinajstić information content (AvgIpc) is 3.18. The number of nitrogen functional groups attached to an aromatic ring is 1. The van der Waals surface area contributed by atoms with Crippen LogP contribution in [0.25, 0.3) is 0 Å². The lowest BCUT2D eigenvalue weighted by atomic mass is 10.0. The van der Waals surface area contributed by atoms with E-state index in [1.165, 1.54) is 100 Å². The molecule has 1 aliphatic rings. The van der Waals surface area contributed by atoms with Crippen LogP contribution >= 0.6 is 20.0 Å². The number of nitrogens with two attached hydrogens (primary N) is 1. The van der Waals surface area contributed by atoms with Crippen molar-refractivity contribution in [1.82, 2.24) is 9.55 Å². The summed E-state index contributed by atoms with van der Waals surface area (Å²) in [5, 5.41) is 20.7. The Kier molecular flexibility index (Phi) is 16.9. The van der Waals surface area contributed by atoms with E-state index in [9.17, 15) is 19.7 Å². The summed E-state index contributed by atoms with van der Waals surface area (Å²) in [4.78, 5) is 13.9. The maximum Gasteiger partial charge on any atom is 0.472 e. The van der Waals surface area contributed by atoms with Gasteiger partial charge in [-0.25, -0.2) is 9.55 Å². The molecule has 226 valence electrons. The zero-order valence-electron chi connectivity index (χ0n) is 23.5. The standard InChI is InChI=1S/C27H50N3O7PS/c1-2-3-4-5-6-7-8-9-10-11-12-13-14-15-16-17-20-35-38(33,34)36-21-22-24(31)25(32)26(37-22)30-19-18-23(28)29-27(30)39/h18-19,22,24-26,31-32H,2-17,20-21H2,1H3,(H,33,34)(H2,28,29,39)/t22-,24-,25+,26-/m1/s1. The van der Waals surface area contributed by atoms with Crippen LogP contribution in [0, 0.1) is 4.77 Å². The molecule has 0 saturated carbocycles. The quantitative estimate of drug-likeness (QED) is 0.0696. The molecular weight excluding hydrogens is 541 g/mol. The second-order valence-corrected chi connectivity index (χ2v) is 12.3. The molecule has 5 atom stereocenters. The summed E-state index contributed by atoms with van der Waals surface area (Å²) in [5.41, 5.74) is 5.60. The predicted octanol–water partition coefficient (Wildman–Crippen LogP) is 6.21. The molecule has 1 aromatic rings. The van der Waals surface area contributed by atoms with Crippen LogP contribution in [0.3, 0.4) is 0 Å². The van der Waals surface area contributed by atoms with E-state index in [-0.39, 0.29) is 17.2 Å². The summed E-state index contributed by atoms with van der Waals surface area (Å²) in [5.74, 6) is 0.215. The first-order valence-corrected chi connectivity index (χ1v) is 16.6. The fourth-order valence-corrected chi connectivity index (χ4v) is 5.79. The van der Waals surface area contributed by atoms with E-state index in [2.05, 4.69) is 11.9 Å². The molecule has 0 spiro atoms. The second-order valence-electron chi connectivity index (χ2n) is 10.5. The number of phosphoric acid groups is 1. The smallest absolute Gasteiger partial charge is 0.387 e. The number of aliphatic hydroxyl groups is 2. The van der Waals surface area contributed by atoms with Gasteiger partial charge in [0.2, 0.25) is 4.77 Å². The molecule has 1 aromatic heterocycles. The van der Waals surface area contributed by atoms with E-state index in [1.54, 1.807) is 0 Å². The largest absolute Gasteiger partial charge is 0.472 e. The van der Waals surface area contributed by atoms with E-state index in [0.717, 1.165) is 12.8 Å². The minimum atomic E-state index is -4.32. The molecule has 1 fully saturated rings. The maximum atomic E-state index is 12.2. The Labute approximate surface area is 238 Å². The Morgan fingerprint density at radius 2 is 1.44 bits per heavy atom. The van der Waals surface area contributed by atoms with Crippen molar-refractivity contribution >= 4 is 25.9 Å². The van der Waals surface area contributed by atoms with Crippen molar-refractivity contribution < 1.29 is 33.5 Å². The zero-order chi connectivity index (χ0) is 28.5. The van der Waals surface area contributed by atoms with Crippen molar-refractivity contribution in [3.63, 3.8) is 0 Å². The number of phosphoric ester groups is 1. The van der Waals surface area contributed by atoms with Gasteiger partial charge < -0.3 is 25.6 Å². The number of nitrogens with zero attached hydrogens (tertiary/aromatic N) is 2. The summed E-state index contributed by atoms with van der Waals surface area (Å²) in [6.45, 7) is 1.93. The molecule has 0 aliphatic carbocycles. The maximum absolute atomic E-state index is 12.2. The number of aromatic nitrogens is 2. The second kappa shape index (κ2) is 19.3. The molecule has 5 N–H and O–H groups in total. The first kappa shape index (κ1) is 34.3. The molecule has 1 saturated heterocycles. The molecule has 39 heavy (non-hydrogen) atoms. The number of anilines is 1. The SMILES string of the molecule is CCCCCCCCCCCCCCCCCCOP(=O)(O)OC[C@H]1O[C@@H](n2ccc(N)nc2=S)[C@@H](O)[C@@H]1O. The Hall–Kier alpha value is -0.910. The lowest BCUT2D eigenvalue weighted by Gasteiger charge is -2.18. The van der Waals surface area contributed by atoms with Crippen LogP contribution in [0.4, 0.5) is 5.82 Å². The number of hydrogen-bond acceptors (Lipinski definition) is 9. The van der Waals surface area contributed by atoms with Crippen molar-refractivity contribution in [3.8, 4) is 0 Å². The van der Waals surface area contributed by atoms with Gasteiger partial charge in [0.15, 0.2) is 6.23 Å². The molecule has 2 rings (SSSR count). The van der Waals surface area contributed by atoms with Crippen LogP contribution in [0.2, 0.25) is 0 Å². The molecule has 2 heterocycles. The fraction of sp³-hybridized carbons (Fsp3) is 0.852. The molecule has 0 amide bonds. The van der Waals surface area contributed by atoms with Crippen LogP contribution in [-0.4, -0.2) is 56.2 Å². The Bertz CT molecular complexity index is 906. The minimum absolute atomic E-state index is 0.0720. The van der Waals surface area contributed by atoms with Gasteiger partial charge in [-0.3, -0.25) is 13.6 Å². The average molecular weight is 592 g/mol. The number of unbranched alkanes of at least 4 members (excludes halogenated alkanes) is 15. The van der Waals surface area contributed by atoms with Gasteiger partial charge in [-0.05, 0) is 24.7 Å². The van der Waals surface area contributed by atoms with Gasteiger partial charge in [0.05, 0.1) is 13.2 Å². The lowest BCUT2D eigenvalue weighted by molar-refractivity contribution is -0.0543. The highest BCUT2D eigenvalue weighted by Gasteiger charge is 2.44. The van der Waals surface area contributed by atoms with E-state index in [1.807, 2.05) is 0 Å². The highest BCUT2D eigenvalue weighted by atomic mass is 32.1. The highest BCUT2D eigenvalue weighted by molar-refractivity contribution is 7.71. The normalized spacial score (nSPS) is 22.8. The van der Waals surface area contributed by atoms with Gasteiger partial charge in [0.1, 0.15) is 24.1 Å². The summed E-state index contributed by atoms with van der Waals surface area (Å²) >= 11 is 5.13. The minimum Gasteiger partial charge on any atom is -0.387 e. The highest BCUT2D eigenvalue weighted by Crippen LogP contribution is 2.44. The van der Waals surface area contributed by atoms with Crippen molar-refractivity contribution in [3.05, 3.63) is 17.0 Å². The number of hydrogen-bond donors (Lipinski definition) is 4. The summed E-state index contributed by atoms with van der Waals surface area (Å²) in [7, 11) is -4.32. The van der Waals surface area contributed by atoms with Crippen molar-refractivity contribution in [2.45, 2.75) is 134 Å². The van der Waals surface area contributed by atoms with Crippen LogP contribution in [0.5, 0.6) is 0 Å². The first-order chi connectivity index (χ1) is 18.7. The first-order valence-electron chi connectivity index (χ1n) is 14.7. The van der Waals surface area contributed by atoms with Crippen molar-refractivity contribution in [2.75, 3.05) is 18.9 Å². The van der Waals surface area contributed by atoms with Gasteiger partial charge in [0.25, 0.3) is 0 Å². The Morgan fingerprint density at radius 3 is 1.95 bits per heavy atom. The van der Waals surface area contributed by atoms with Crippen LogP contribution in [0.1, 0.15) is 116 Å². The van der Waals surface area contributed by atoms with E-state index in [4.69, 9.17) is 31.7 Å². The topological polar surface area (TPSA) is 149 Å². The molecule has 0 radical (unpaired) electrons. The monoisotopic (exact) mass is 591 g/mol. The third kappa shape index (κ3) is 13.5. The third-order valence-electron chi connectivity index (χ3n) is 7.12. The van der Waals surface area contributed by atoms with E-state index < -0.39 is 39.0 Å². The fourth-order valence-electron chi connectivity index (χ4n) is 4.75. The molecule has 10 nitrogen and oxygen atoms in total. The summed E-state index contributed by atoms with van der Waals surface area (Å²) in [6.07, 6.45) is 16.7. The van der Waals surface area contributed by atoms with Crippen LogP contribution < -0.4 is 5.73 Å². The zero-order valence-corrected chi connectivity index (χ0v) is 25.2. The number of ether oxygens (including phenoxy) is 1. The van der Waals surface area contributed by atoms with Crippen LogP contribution in [-0.2, 0) is 18.3 Å². The molecule has 0 bridgehead atoms. The van der Waals surface area contributed by atoms with E-state index >= 15 is 0 Å². The lowest BCUT2D eigenvalue weighted by Crippen LogP contribution is -2.33. The van der Waals surface area contributed by atoms with Gasteiger partial charge in [-0.1, -0.05) is 103 Å². The Morgan fingerprint density at radius 1 is 0.923 bits per heavy atom. The number of aliphatic hydroxyl groups excluding tert-OH is 2. The molecule has 0 aromatic carbocycles. The third-order valence-corrected chi connectivity index (χ3v) is 8.40. The molecule has 12 heteroatoms. The Balaban J connectivity index is 1.48. The summed E-state index contributed by atoms with van der Waals surface area (Å²) < 4.78 is 29.4. The molecule has 1 aliphatic heterocycles. The van der Waals surface area contributed by atoms with Gasteiger partial charge in [0, 0.05) is 6.20 Å². The summed E-state index contributed by atoms with van der Waals surface area (Å²) in [6, 6.07) is 1.48. The van der Waals surface area contributed by atoms with Crippen molar-refractivity contribution in [2.24, 2.45) is 0 Å². The molecule has 1 unspecified atom stereocenters. The van der Waals surface area contributed by atoms with Crippen LogP contribution in [0.15, 0.2) is 12.3 Å². The number of rotatable bonds is 22. The van der Waals surface area contributed by atoms with Gasteiger partial charge in [-0.15, -0.1) is 0 Å². The predicted molar refractivity (Wildman–Crippen MR) is 155 cm³/mol. The van der Waals surface area contributed by atoms with E-state index in [0.29, 0.717) is 6.42 Å². The molecular formula is C27H50N3O7PS. The van der Waals surface area contributed by atoms with Gasteiger partial charge >= 0.3 is 7.82 Å². The van der Waals surface area contributed by atoms with Crippen molar-refractivity contribution in [1.29, 1.82) is 0 Å². The van der Waals surface area contributed by atoms with Gasteiger partial charge in [-0.2, -0.15) is 0 Å².